The van der Waals surface area contributed by atoms with Crippen LogP contribution in [0.25, 0.3) is 17.2 Å². The van der Waals surface area contributed by atoms with Crippen molar-refractivity contribution in [2.45, 2.75) is 6.42 Å². The van der Waals surface area contributed by atoms with Crippen LogP contribution in [-0.2, 0) is 6.42 Å². The Morgan fingerprint density at radius 3 is 2.74 bits per heavy atom. The van der Waals surface area contributed by atoms with Gasteiger partial charge in [-0.1, -0.05) is 35.9 Å². The molecule has 0 bridgehead atoms. The molecule has 1 amide bonds. The quantitative estimate of drug-likeness (QED) is 0.578. The van der Waals surface area contributed by atoms with Gasteiger partial charge < -0.3 is 5.32 Å². The zero-order valence-electron chi connectivity index (χ0n) is 14.3. The minimum atomic E-state index is -0.114. The Morgan fingerprint density at radius 1 is 1.07 bits per heavy atom. The van der Waals surface area contributed by atoms with Gasteiger partial charge in [0.2, 0.25) is 0 Å². The summed E-state index contributed by atoms with van der Waals surface area (Å²) in [5.74, 6) is 1.11. The first kappa shape index (κ1) is 17.2. The summed E-state index contributed by atoms with van der Waals surface area (Å²) in [4.78, 5) is 16.5. The lowest BCUT2D eigenvalue weighted by Crippen LogP contribution is -2.25. The molecule has 0 unspecified atom stereocenters. The highest BCUT2D eigenvalue weighted by Crippen LogP contribution is 2.18. The fourth-order valence-corrected chi connectivity index (χ4v) is 3.04. The maximum atomic E-state index is 12.3. The van der Waals surface area contributed by atoms with E-state index >= 15 is 0 Å². The fraction of sp³-hybridized carbons (Fsp3) is 0.100. The van der Waals surface area contributed by atoms with Crippen LogP contribution in [0.5, 0.6) is 0 Å². The number of amides is 1. The van der Waals surface area contributed by atoms with Gasteiger partial charge in [0.15, 0.2) is 5.82 Å². The molecule has 2 aromatic carbocycles. The smallest absolute Gasteiger partial charge is 0.255 e. The van der Waals surface area contributed by atoms with Crippen molar-refractivity contribution in [2.24, 2.45) is 0 Å². The lowest BCUT2D eigenvalue weighted by molar-refractivity contribution is 0.0954. The third kappa shape index (κ3) is 3.80. The number of fused-ring (bicyclic) bond motifs is 1. The zero-order valence-corrected chi connectivity index (χ0v) is 15.1. The van der Waals surface area contributed by atoms with Crippen LogP contribution >= 0.6 is 11.6 Å². The second-order valence-corrected chi connectivity index (χ2v) is 6.46. The molecule has 0 atom stereocenters. The molecule has 2 heterocycles. The average molecular weight is 378 g/mol. The Kier molecular flexibility index (Phi) is 4.80. The van der Waals surface area contributed by atoms with Gasteiger partial charge in [0, 0.05) is 35.1 Å². The molecule has 0 saturated heterocycles. The Balaban J connectivity index is 1.42. The van der Waals surface area contributed by atoms with Crippen molar-refractivity contribution in [3.8, 4) is 11.4 Å². The number of rotatable bonds is 5. The molecule has 4 aromatic rings. The third-order valence-corrected chi connectivity index (χ3v) is 4.42. The molecule has 0 aliphatic carbocycles. The van der Waals surface area contributed by atoms with Crippen molar-refractivity contribution in [3.63, 3.8) is 0 Å². The number of carbonyl (C=O) groups is 1. The summed E-state index contributed by atoms with van der Waals surface area (Å²) in [6.45, 7) is 0.543. The largest absolute Gasteiger partial charge is 0.352 e. The lowest BCUT2D eigenvalue weighted by atomic mass is 10.1. The standard InChI is InChI=1S/C20H16ClN5O/c21-17-4-1-3-14(13-17)9-11-22-19(27)16-7-5-15(6-8-16)18-24-25-20-23-10-2-12-26(18)20/h1-8,10,12-13H,9,11H2,(H,22,27). The van der Waals surface area contributed by atoms with Crippen LogP contribution < -0.4 is 5.32 Å². The van der Waals surface area contributed by atoms with E-state index in [2.05, 4.69) is 20.5 Å². The van der Waals surface area contributed by atoms with Gasteiger partial charge in [-0.2, -0.15) is 0 Å². The second kappa shape index (κ2) is 7.55. The number of nitrogens with zero attached hydrogens (tertiary/aromatic N) is 4. The van der Waals surface area contributed by atoms with Gasteiger partial charge in [0.05, 0.1) is 0 Å². The van der Waals surface area contributed by atoms with Gasteiger partial charge in [-0.05, 0) is 42.3 Å². The molecule has 2 aromatic heterocycles. The van der Waals surface area contributed by atoms with Crippen LogP contribution in [0.2, 0.25) is 5.02 Å². The van der Waals surface area contributed by atoms with Gasteiger partial charge in [0.1, 0.15) is 0 Å². The summed E-state index contributed by atoms with van der Waals surface area (Å²) in [5, 5.41) is 11.8. The molecule has 134 valence electrons. The minimum absolute atomic E-state index is 0.114. The first-order valence-electron chi connectivity index (χ1n) is 8.49. The first-order chi connectivity index (χ1) is 13.2. The monoisotopic (exact) mass is 377 g/mol. The Bertz CT molecular complexity index is 1090. The molecular weight excluding hydrogens is 362 g/mol. The zero-order chi connectivity index (χ0) is 18.6. The molecule has 0 spiro atoms. The molecule has 6 nitrogen and oxygen atoms in total. The number of benzene rings is 2. The molecule has 1 N–H and O–H groups in total. The van der Waals surface area contributed by atoms with Crippen molar-refractivity contribution < 1.29 is 4.79 Å². The Labute approximate surface area is 160 Å². The first-order valence-corrected chi connectivity index (χ1v) is 8.87. The molecule has 0 aliphatic rings. The third-order valence-electron chi connectivity index (χ3n) is 4.18. The summed E-state index contributed by atoms with van der Waals surface area (Å²) in [5.41, 5.74) is 2.55. The van der Waals surface area contributed by atoms with Crippen LogP contribution in [0.15, 0.2) is 67.0 Å². The van der Waals surface area contributed by atoms with Crippen molar-refractivity contribution in [3.05, 3.63) is 83.1 Å². The topological polar surface area (TPSA) is 72.2 Å². The highest BCUT2D eigenvalue weighted by Gasteiger charge is 2.10. The summed E-state index contributed by atoms with van der Waals surface area (Å²) in [6, 6.07) is 16.7. The summed E-state index contributed by atoms with van der Waals surface area (Å²) < 4.78 is 1.81. The SMILES string of the molecule is O=C(NCCc1cccc(Cl)c1)c1ccc(-c2nnc3ncccn23)cc1. The summed E-state index contributed by atoms with van der Waals surface area (Å²) in [6.07, 6.45) is 4.25. The van der Waals surface area contributed by atoms with Crippen LogP contribution in [0.1, 0.15) is 15.9 Å². The van der Waals surface area contributed by atoms with Crippen LogP contribution in [0, 0.1) is 0 Å². The van der Waals surface area contributed by atoms with E-state index in [0.29, 0.717) is 28.7 Å². The molecule has 7 heteroatoms. The van der Waals surface area contributed by atoms with E-state index in [1.807, 2.05) is 48.7 Å². The Morgan fingerprint density at radius 2 is 1.93 bits per heavy atom. The molecule has 0 fully saturated rings. The van der Waals surface area contributed by atoms with E-state index in [1.54, 1.807) is 22.7 Å². The van der Waals surface area contributed by atoms with Crippen LogP contribution in [0.4, 0.5) is 0 Å². The highest BCUT2D eigenvalue weighted by atomic mass is 35.5. The molecule has 4 rings (SSSR count). The maximum absolute atomic E-state index is 12.3. The molecular formula is C20H16ClN5O. The predicted octanol–water partition coefficient (Wildman–Crippen LogP) is 3.42. The van der Waals surface area contributed by atoms with Crippen molar-refractivity contribution in [1.82, 2.24) is 24.9 Å². The van der Waals surface area contributed by atoms with E-state index in [0.717, 1.165) is 17.5 Å². The Hall–Kier alpha value is -3.25. The van der Waals surface area contributed by atoms with E-state index in [-0.39, 0.29) is 5.91 Å². The van der Waals surface area contributed by atoms with Gasteiger partial charge in [-0.15, -0.1) is 10.2 Å². The number of aromatic nitrogens is 4. The summed E-state index contributed by atoms with van der Waals surface area (Å²) >= 11 is 5.97. The fourth-order valence-electron chi connectivity index (χ4n) is 2.83. The minimum Gasteiger partial charge on any atom is -0.352 e. The van der Waals surface area contributed by atoms with Crippen molar-refractivity contribution in [1.29, 1.82) is 0 Å². The van der Waals surface area contributed by atoms with Gasteiger partial charge >= 0.3 is 0 Å². The van der Waals surface area contributed by atoms with Crippen molar-refractivity contribution >= 4 is 23.3 Å². The van der Waals surface area contributed by atoms with E-state index < -0.39 is 0 Å². The van der Waals surface area contributed by atoms with E-state index in [4.69, 9.17) is 11.6 Å². The van der Waals surface area contributed by atoms with Crippen molar-refractivity contribution in [2.75, 3.05) is 6.54 Å². The van der Waals surface area contributed by atoms with Gasteiger partial charge in [0.25, 0.3) is 11.7 Å². The number of halogens is 1. The molecule has 0 saturated carbocycles. The summed E-state index contributed by atoms with van der Waals surface area (Å²) in [7, 11) is 0. The molecule has 0 radical (unpaired) electrons. The normalized spacial score (nSPS) is 10.9. The second-order valence-electron chi connectivity index (χ2n) is 6.03. The van der Waals surface area contributed by atoms with Crippen LogP contribution in [-0.4, -0.2) is 32.0 Å². The molecule has 27 heavy (non-hydrogen) atoms. The number of hydrogen-bond donors (Lipinski definition) is 1. The van der Waals surface area contributed by atoms with Gasteiger partial charge in [-0.3, -0.25) is 9.20 Å². The van der Waals surface area contributed by atoms with E-state index in [9.17, 15) is 4.79 Å². The number of hydrogen-bond acceptors (Lipinski definition) is 4. The maximum Gasteiger partial charge on any atom is 0.255 e. The van der Waals surface area contributed by atoms with Gasteiger partial charge in [-0.25, -0.2) is 4.98 Å². The molecule has 0 aliphatic heterocycles. The number of nitrogens with one attached hydrogen (secondary N) is 1. The van der Waals surface area contributed by atoms with Crippen LogP contribution in [0.3, 0.4) is 0 Å². The number of carbonyl (C=O) groups excluding carboxylic acids is 1. The lowest BCUT2D eigenvalue weighted by Gasteiger charge is -2.06. The average Bonchev–Trinajstić information content (AvgIpc) is 3.12. The predicted molar refractivity (Wildman–Crippen MR) is 104 cm³/mol. The van der Waals surface area contributed by atoms with E-state index in [1.165, 1.54) is 0 Å². The highest BCUT2D eigenvalue weighted by molar-refractivity contribution is 6.30.